The average molecular weight is 284 g/mol. The first kappa shape index (κ1) is 12.6. The van der Waals surface area contributed by atoms with Gasteiger partial charge in [0, 0.05) is 17.6 Å². The van der Waals surface area contributed by atoms with E-state index in [1.165, 1.54) is 0 Å². The molecule has 1 N–H and O–H groups in total. The number of aromatic nitrogens is 1. The number of phenolic OH excluding ortho intramolecular Hbond substituents is 1. The van der Waals surface area contributed by atoms with Crippen molar-refractivity contribution in [2.45, 2.75) is 0 Å². The van der Waals surface area contributed by atoms with Gasteiger partial charge in [-0.1, -0.05) is 41.9 Å². The fourth-order valence-electron chi connectivity index (χ4n) is 1.91. The Hall–Kier alpha value is -2.46. The molecule has 3 rings (SSSR count). The fourth-order valence-corrected chi connectivity index (χ4v) is 2.08. The van der Waals surface area contributed by atoms with Gasteiger partial charge >= 0.3 is 0 Å². The summed E-state index contributed by atoms with van der Waals surface area (Å²) in [4.78, 5) is 3.88. The smallest absolute Gasteiger partial charge is 0.143 e. The molecule has 0 aliphatic carbocycles. The van der Waals surface area contributed by atoms with Crippen LogP contribution in [0.5, 0.6) is 5.75 Å². The summed E-state index contributed by atoms with van der Waals surface area (Å²) in [5.41, 5.74) is 1.02. The van der Waals surface area contributed by atoms with Crippen LogP contribution >= 0.6 is 11.6 Å². The van der Waals surface area contributed by atoms with E-state index in [1.807, 2.05) is 30.3 Å². The van der Waals surface area contributed by atoms with Gasteiger partial charge in [0.05, 0.1) is 5.69 Å². The van der Waals surface area contributed by atoms with Gasteiger partial charge in [-0.05, 0) is 17.5 Å². The van der Waals surface area contributed by atoms with Gasteiger partial charge in [-0.15, -0.1) is 5.11 Å². The molecule has 0 aliphatic rings. The van der Waals surface area contributed by atoms with Crippen molar-refractivity contribution in [1.82, 2.24) is 4.98 Å². The van der Waals surface area contributed by atoms with Gasteiger partial charge in [0.25, 0.3) is 0 Å². The second-order valence-electron chi connectivity index (χ2n) is 4.19. The maximum absolute atomic E-state index is 9.95. The second-order valence-corrected chi connectivity index (χ2v) is 4.58. The van der Waals surface area contributed by atoms with E-state index in [4.69, 9.17) is 11.6 Å². The van der Waals surface area contributed by atoms with Crippen LogP contribution in [0, 0.1) is 0 Å². The summed E-state index contributed by atoms with van der Waals surface area (Å²) in [6, 6.07) is 14.4. The van der Waals surface area contributed by atoms with E-state index < -0.39 is 0 Å². The average Bonchev–Trinajstić information content (AvgIpc) is 2.46. The van der Waals surface area contributed by atoms with Crippen LogP contribution in [-0.4, -0.2) is 10.1 Å². The lowest BCUT2D eigenvalue weighted by Crippen LogP contribution is -1.75. The van der Waals surface area contributed by atoms with Crippen LogP contribution in [0.1, 0.15) is 0 Å². The van der Waals surface area contributed by atoms with Gasteiger partial charge < -0.3 is 5.11 Å². The predicted molar refractivity (Wildman–Crippen MR) is 79.0 cm³/mol. The van der Waals surface area contributed by atoms with Gasteiger partial charge in [0.2, 0.25) is 0 Å². The zero-order chi connectivity index (χ0) is 13.9. The van der Waals surface area contributed by atoms with Gasteiger partial charge in [-0.2, -0.15) is 5.11 Å². The topological polar surface area (TPSA) is 57.8 Å². The van der Waals surface area contributed by atoms with Gasteiger partial charge in [0.1, 0.15) is 16.6 Å². The predicted octanol–water partition coefficient (Wildman–Crippen LogP) is 5.01. The minimum absolute atomic E-state index is 0.0904. The lowest BCUT2D eigenvalue weighted by Gasteiger charge is -2.03. The number of phenols is 1. The summed E-state index contributed by atoms with van der Waals surface area (Å²) in [7, 11) is 0. The first-order valence-corrected chi connectivity index (χ1v) is 6.36. The quantitative estimate of drug-likeness (QED) is 0.531. The third-order valence-electron chi connectivity index (χ3n) is 2.85. The SMILES string of the molecule is Oc1ccc2ccccc2c1N=Nc1ccnc(Cl)c1. The van der Waals surface area contributed by atoms with E-state index in [9.17, 15) is 5.11 Å². The second kappa shape index (κ2) is 5.27. The van der Waals surface area contributed by atoms with Crippen LogP contribution in [0.4, 0.5) is 11.4 Å². The molecule has 0 bridgehead atoms. The van der Waals surface area contributed by atoms with Crippen molar-refractivity contribution < 1.29 is 5.11 Å². The van der Waals surface area contributed by atoms with Crippen molar-refractivity contribution in [3.05, 3.63) is 59.9 Å². The summed E-state index contributed by atoms with van der Waals surface area (Å²) in [5.74, 6) is 0.0904. The highest BCUT2D eigenvalue weighted by Crippen LogP contribution is 2.35. The number of fused-ring (bicyclic) bond motifs is 1. The largest absolute Gasteiger partial charge is 0.506 e. The molecule has 0 saturated carbocycles. The van der Waals surface area contributed by atoms with Crippen molar-refractivity contribution in [3.63, 3.8) is 0 Å². The van der Waals surface area contributed by atoms with Crippen molar-refractivity contribution in [3.8, 4) is 5.75 Å². The normalized spacial score (nSPS) is 11.2. The number of rotatable bonds is 2. The molecule has 0 saturated heterocycles. The van der Waals surface area contributed by atoms with Crippen molar-refractivity contribution >= 4 is 33.7 Å². The number of azo groups is 1. The van der Waals surface area contributed by atoms with E-state index in [0.717, 1.165) is 10.8 Å². The van der Waals surface area contributed by atoms with Crippen molar-refractivity contribution in [1.29, 1.82) is 0 Å². The van der Waals surface area contributed by atoms with Crippen LogP contribution in [-0.2, 0) is 0 Å². The molecule has 0 unspecified atom stereocenters. The number of hydrogen-bond donors (Lipinski definition) is 1. The molecule has 1 aromatic heterocycles. The number of benzene rings is 2. The maximum atomic E-state index is 9.95. The molecule has 1 heterocycles. The summed E-state index contributed by atoms with van der Waals surface area (Å²) >= 11 is 5.79. The number of nitrogens with zero attached hydrogens (tertiary/aromatic N) is 3. The van der Waals surface area contributed by atoms with Crippen LogP contribution in [0.15, 0.2) is 65.0 Å². The molecule has 0 radical (unpaired) electrons. The van der Waals surface area contributed by atoms with Gasteiger partial charge in [-0.3, -0.25) is 0 Å². The highest BCUT2D eigenvalue weighted by molar-refractivity contribution is 6.29. The summed E-state index contributed by atoms with van der Waals surface area (Å²) < 4.78 is 0. The van der Waals surface area contributed by atoms with Crippen LogP contribution in [0.3, 0.4) is 0 Å². The minimum Gasteiger partial charge on any atom is -0.506 e. The van der Waals surface area contributed by atoms with E-state index in [-0.39, 0.29) is 5.75 Å². The molecule has 0 amide bonds. The molecule has 3 aromatic rings. The van der Waals surface area contributed by atoms with Crippen molar-refractivity contribution in [2.24, 2.45) is 10.2 Å². The Labute approximate surface area is 120 Å². The Morgan fingerprint density at radius 2 is 1.85 bits per heavy atom. The van der Waals surface area contributed by atoms with Crippen LogP contribution < -0.4 is 0 Å². The van der Waals surface area contributed by atoms with Crippen LogP contribution in [0.2, 0.25) is 5.15 Å². The van der Waals surface area contributed by atoms with Gasteiger partial charge in [0.15, 0.2) is 0 Å². The number of hydrogen-bond acceptors (Lipinski definition) is 4. The standard InChI is InChI=1S/C15H10ClN3O/c16-14-9-11(7-8-17-14)18-19-15-12-4-2-1-3-10(12)5-6-13(15)20/h1-9,20H. The highest BCUT2D eigenvalue weighted by atomic mass is 35.5. The molecule has 0 aliphatic heterocycles. The van der Waals surface area contributed by atoms with Crippen LogP contribution in [0.25, 0.3) is 10.8 Å². The first-order chi connectivity index (χ1) is 9.74. The van der Waals surface area contributed by atoms with E-state index in [0.29, 0.717) is 16.5 Å². The summed E-state index contributed by atoms with van der Waals surface area (Å²) in [5, 5.41) is 20.4. The molecule has 5 heteroatoms. The first-order valence-electron chi connectivity index (χ1n) is 5.98. The Balaban J connectivity index is 2.08. The third-order valence-corrected chi connectivity index (χ3v) is 3.06. The molecular weight excluding hydrogens is 274 g/mol. The maximum Gasteiger partial charge on any atom is 0.143 e. The molecule has 0 atom stereocenters. The molecule has 4 nitrogen and oxygen atoms in total. The van der Waals surface area contributed by atoms with Gasteiger partial charge in [-0.25, -0.2) is 4.98 Å². The molecule has 20 heavy (non-hydrogen) atoms. The molecule has 0 spiro atoms. The Morgan fingerprint density at radius 1 is 1.00 bits per heavy atom. The van der Waals surface area contributed by atoms with E-state index in [2.05, 4.69) is 15.2 Å². The number of aromatic hydroxyl groups is 1. The Kier molecular flexibility index (Phi) is 3.31. The fraction of sp³-hybridized carbons (Fsp3) is 0. The summed E-state index contributed by atoms with van der Waals surface area (Å²) in [6.45, 7) is 0. The molecule has 0 fully saturated rings. The number of pyridine rings is 1. The molecular formula is C15H10ClN3O. The zero-order valence-corrected chi connectivity index (χ0v) is 11.1. The third kappa shape index (κ3) is 2.46. The van der Waals surface area contributed by atoms with E-state index in [1.54, 1.807) is 24.4 Å². The minimum atomic E-state index is 0.0904. The molecule has 2 aromatic carbocycles. The summed E-state index contributed by atoms with van der Waals surface area (Å²) in [6.07, 6.45) is 1.56. The monoisotopic (exact) mass is 283 g/mol. The highest BCUT2D eigenvalue weighted by Gasteiger charge is 2.05. The Morgan fingerprint density at radius 3 is 2.70 bits per heavy atom. The Bertz CT molecular complexity index is 802. The lowest BCUT2D eigenvalue weighted by atomic mass is 10.1. The number of halogens is 1. The van der Waals surface area contributed by atoms with E-state index >= 15 is 0 Å². The lowest BCUT2D eigenvalue weighted by molar-refractivity contribution is 0.477. The zero-order valence-electron chi connectivity index (χ0n) is 10.4. The van der Waals surface area contributed by atoms with Crippen molar-refractivity contribution in [2.75, 3.05) is 0 Å². The molecule has 98 valence electrons.